The van der Waals surface area contributed by atoms with Crippen molar-refractivity contribution in [2.45, 2.75) is 51.0 Å². The molecule has 0 unspecified atom stereocenters. The van der Waals surface area contributed by atoms with E-state index >= 15 is 0 Å². The van der Waals surface area contributed by atoms with Crippen LogP contribution in [0.25, 0.3) is 0 Å². The molecular formula is C15H21NO. The Morgan fingerprint density at radius 1 is 1.18 bits per heavy atom. The number of rotatable bonds is 3. The van der Waals surface area contributed by atoms with Crippen LogP contribution in [0.3, 0.4) is 0 Å². The first kappa shape index (κ1) is 12.2. The Kier molecular flexibility index (Phi) is 3.51. The molecule has 1 aromatic carbocycles. The molecule has 0 radical (unpaired) electrons. The molecule has 1 aromatic rings. The van der Waals surface area contributed by atoms with E-state index in [-0.39, 0.29) is 5.91 Å². The fourth-order valence-corrected chi connectivity index (χ4v) is 2.42. The molecular weight excluding hydrogens is 210 g/mol. The largest absolute Gasteiger partial charge is 0.353 e. The van der Waals surface area contributed by atoms with E-state index in [9.17, 15) is 4.79 Å². The average molecular weight is 231 g/mol. The van der Waals surface area contributed by atoms with E-state index in [1.807, 2.05) is 44.2 Å². The van der Waals surface area contributed by atoms with Crippen molar-refractivity contribution in [1.82, 2.24) is 5.32 Å². The van der Waals surface area contributed by atoms with Gasteiger partial charge in [-0.25, -0.2) is 0 Å². The Morgan fingerprint density at radius 3 is 2.35 bits per heavy atom. The van der Waals surface area contributed by atoms with Gasteiger partial charge in [-0.2, -0.15) is 0 Å². The minimum Gasteiger partial charge on any atom is -0.353 e. The molecule has 1 amide bonds. The van der Waals surface area contributed by atoms with Crippen molar-refractivity contribution < 1.29 is 4.79 Å². The van der Waals surface area contributed by atoms with Crippen molar-refractivity contribution in [2.75, 3.05) is 0 Å². The van der Waals surface area contributed by atoms with Gasteiger partial charge in [0.1, 0.15) is 0 Å². The Morgan fingerprint density at radius 2 is 1.76 bits per heavy atom. The van der Waals surface area contributed by atoms with Gasteiger partial charge in [0, 0.05) is 6.04 Å². The first-order valence-electron chi connectivity index (χ1n) is 6.47. The van der Waals surface area contributed by atoms with Crippen LogP contribution < -0.4 is 5.32 Å². The van der Waals surface area contributed by atoms with Crippen molar-refractivity contribution in [2.24, 2.45) is 0 Å². The number of carbonyl (C=O) groups excluding carboxylic acids is 1. The standard InChI is InChI=1S/C15H21NO/c1-15(2,12-8-4-3-5-9-12)14(17)16-13-10-6-7-11-13/h3-5,8-9,13H,6-7,10-11H2,1-2H3,(H,16,17). The molecule has 92 valence electrons. The SMILES string of the molecule is CC(C)(C(=O)NC1CCCC1)c1ccccc1. The topological polar surface area (TPSA) is 29.1 Å². The maximum Gasteiger partial charge on any atom is 0.230 e. The predicted octanol–water partition coefficient (Wildman–Crippen LogP) is 3.02. The Labute approximate surface area is 103 Å². The maximum absolute atomic E-state index is 12.3. The number of hydrogen-bond donors (Lipinski definition) is 1. The van der Waals surface area contributed by atoms with E-state index in [1.54, 1.807) is 0 Å². The van der Waals surface area contributed by atoms with Crippen LogP contribution in [0.1, 0.15) is 45.1 Å². The van der Waals surface area contributed by atoms with Gasteiger partial charge in [0.2, 0.25) is 5.91 Å². The van der Waals surface area contributed by atoms with Crippen LogP contribution in [0.2, 0.25) is 0 Å². The molecule has 1 fully saturated rings. The van der Waals surface area contributed by atoms with Crippen LogP contribution >= 0.6 is 0 Å². The van der Waals surface area contributed by atoms with E-state index in [0.29, 0.717) is 6.04 Å². The van der Waals surface area contributed by atoms with Gasteiger partial charge in [-0.3, -0.25) is 4.79 Å². The van der Waals surface area contributed by atoms with Crippen LogP contribution in [0.15, 0.2) is 30.3 Å². The van der Waals surface area contributed by atoms with Gasteiger partial charge in [0.25, 0.3) is 0 Å². The van der Waals surface area contributed by atoms with E-state index in [2.05, 4.69) is 5.32 Å². The van der Waals surface area contributed by atoms with E-state index in [0.717, 1.165) is 18.4 Å². The van der Waals surface area contributed by atoms with Gasteiger partial charge in [0.15, 0.2) is 0 Å². The minimum absolute atomic E-state index is 0.149. The van der Waals surface area contributed by atoms with E-state index in [1.165, 1.54) is 12.8 Å². The lowest BCUT2D eigenvalue weighted by molar-refractivity contribution is -0.126. The summed E-state index contributed by atoms with van der Waals surface area (Å²) in [5.41, 5.74) is 0.639. The van der Waals surface area contributed by atoms with Gasteiger partial charge >= 0.3 is 0 Å². The average Bonchev–Trinajstić information content (AvgIpc) is 2.83. The summed E-state index contributed by atoms with van der Waals surface area (Å²) < 4.78 is 0. The molecule has 2 nitrogen and oxygen atoms in total. The molecule has 0 spiro atoms. The van der Waals surface area contributed by atoms with E-state index in [4.69, 9.17) is 0 Å². The monoisotopic (exact) mass is 231 g/mol. The summed E-state index contributed by atoms with van der Waals surface area (Å²) in [4.78, 5) is 12.3. The molecule has 2 heteroatoms. The predicted molar refractivity (Wildman–Crippen MR) is 69.9 cm³/mol. The van der Waals surface area contributed by atoms with Gasteiger partial charge < -0.3 is 5.32 Å². The van der Waals surface area contributed by atoms with Gasteiger partial charge in [-0.05, 0) is 32.3 Å². The second kappa shape index (κ2) is 4.91. The summed E-state index contributed by atoms with van der Waals surface area (Å²) in [6.45, 7) is 3.99. The minimum atomic E-state index is -0.441. The lowest BCUT2D eigenvalue weighted by Crippen LogP contribution is -2.44. The quantitative estimate of drug-likeness (QED) is 0.851. The molecule has 1 aliphatic rings. The number of carbonyl (C=O) groups is 1. The molecule has 1 N–H and O–H groups in total. The number of hydrogen-bond acceptors (Lipinski definition) is 1. The molecule has 0 heterocycles. The molecule has 1 saturated carbocycles. The number of benzene rings is 1. The maximum atomic E-state index is 12.3. The summed E-state index contributed by atoms with van der Waals surface area (Å²) in [5.74, 6) is 0.149. The van der Waals surface area contributed by atoms with Crippen molar-refractivity contribution >= 4 is 5.91 Å². The highest BCUT2D eigenvalue weighted by molar-refractivity contribution is 5.87. The summed E-state index contributed by atoms with van der Waals surface area (Å²) in [6, 6.07) is 10.4. The van der Waals surface area contributed by atoms with Crippen LogP contribution in [-0.4, -0.2) is 11.9 Å². The molecule has 0 aliphatic heterocycles. The van der Waals surface area contributed by atoms with Crippen LogP contribution in [-0.2, 0) is 10.2 Å². The van der Waals surface area contributed by atoms with Crippen LogP contribution in [0, 0.1) is 0 Å². The first-order chi connectivity index (χ1) is 8.10. The molecule has 0 atom stereocenters. The smallest absolute Gasteiger partial charge is 0.230 e. The lowest BCUT2D eigenvalue weighted by Gasteiger charge is -2.26. The fourth-order valence-electron chi connectivity index (χ4n) is 2.42. The Bertz CT molecular complexity index is 377. The molecule has 17 heavy (non-hydrogen) atoms. The number of amides is 1. The zero-order chi connectivity index (χ0) is 12.3. The second-order valence-corrected chi connectivity index (χ2v) is 5.45. The zero-order valence-corrected chi connectivity index (χ0v) is 10.7. The normalized spacial score (nSPS) is 17.1. The first-order valence-corrected chi connectivity index (χ1v) is 6.47. The Hall–Kier alpha value is -1.31. The summed E-state index contributed by atoms with van der Waals surface area (Å²) >= 11 is 0. The highest BCUT2D eigenvalue weighted by Gasteiger charge is 2.31. The fraction of sp³-hybridized carbons (Fsp3) is 0.533. The third-order valence-electron chi connectivity index (χ3n) is 3.75. The highest BCUT2D eigenvalue weighted by Crippen LogP contribution is 2.25. The molecule has 0 saturated heterocycles. The van der Waals surface area contributed by atoms with Crippen molar-refractivity contribution in [3.8, 4) is 0 Å². The van der Waals surface area contributed by atoms with Gasteiger partial charge in [0.05, 0.1) is 5.41 Å². The Balaban J connectivity index is 2.06. The third-order valence-corrected chi connectivity index (χ3v) is 3.75. The zero-order valence-electron chi connectivity index (χ0n) is 10.7. The van der Waals surface area contributed by atoms with Crippen LogP contribution in [0.5, 0.6) is 0 Å². The molecule has 2 rings (SSSR count). The summed E-state index contributed by atoms with van der Waals surface area (Å²) in [6.07, 6.45) is 4.76. The summed E-state index contributed by atoms with van der Waals surface area (Å²) in [5, 5.41) is 3.18. The second-order valence-electron chi connectivity index (χ2n) is 5.45. The van der Waals surface area contributed by atoms with Crippen molar-refractivity contribution in [3.05, 3.63) is 35.9 Å². The van der Waals surface area contributed by atoms with Gasteiger partial charge in [-0.1, -0.05) is 43.2 Å². The molecule has 0 bridgehead atoms. The van der Waals surface area contributed by atoms with Crippen molar-refractivity contribution in [3.63, 3.8) is 0 Å². The summed E-state index contributed by atoms with van der Waals surface area (Å²) in [7, 11) is 0. The van der Waals surface area contributed by atoms with Crippen molar-refractivity contribution in [1.29, 1.82) is 0 Å². The van der Waals surface area contributed by atoms with E-state index < -0.39 is 5.41 Å². The number of nitrogens with one attached hydrogen (secondary N) is 1. The highest BCUT2D eigenvalue weighted by atomic mass is 16.2. The third kappa shape index (κ3) is 2.68. The molecule has 1 aliphatic carbocycles. The molecule has 0 aromatic heterocycles. The van der Waals surface area contributed by atoms with Crippen LogP contribution in [0.4, 0.5) is 0 Å². The lowest BCUT2D eigenvalue weighted by atomic mass is 9.83. The van der Waals surface area contributed by atoms with Gasteiger partial charge in [-0.15, -0.1) is 0 Å².